The van der Waals surface area contributed by atoms with Crippen LogP contribution in [0.25, 0.3) is 22.2 Å². The van der Waals surface area contributed by atoms with Crippen LogP contribution in [-0.2, 0) is 29.1 Å². The number of fused-ring (bicyclic) bond motifs is 1. The molecule has 0 saturated carbocycles. The molecule has 186 valence electrons. The van der Waals surface area contributed by atoms with Gasteiger partial charge in [0.1, 0.15) is 12.4 Å². The molecule has 4 aromatic rings. The van der Waals surface area contributed by atoms with E-state index in [1.807, 2.05) is 104 Å². The highest BCUT2D eigenvalue weighted by Crippen LogP contribution is 2.20. The molecule has 0 bridgehead atoms. The van der Waals surface area contributed by atoms with Gasteiger partial charge >= 0.3 is 0 Å². The van der Waals surface area contributed by atoms with Crippen LogP contribution < -0.4 is 5.32 Å². The molecule has 0 saturated heterocycles. The average molecular weight is 483 g/mol. The molecule has 0 aliphatic rings. The number of nitrogens with one attached hydrogen (secondary N) is 1. The Bertz CT molecular complexity index is 1320. The number of carbonyl (C=O) groups is 2. The first kappa shape index (κ1) is 25.2. The number of hydrogen-bond donors (Lipinski definition) is 1. The number of amides is 2. The summed E-state index contributed by atoms with van der Waals surface area (Å²) in [6.07, 6.45) is 0.280. The maximum absolute atomic E-state index is 13.2. The highest BCUT2D eigenvalue weighted by molar-refractivity contribution is 5.82. The molecular weight excluding hydrogens is 448 g/mol. The minimum Gasteiger partial charge on any atom is -0.349 e. The van der Waals surface area contributed by atoms with Gasteiger partial charge < -0.3 is 14.8 Å². The molecule has 1 N–H and O–H groups in total. The van der Waals surface area contributed by atoms with E-state index in [-0.39, 0.29) is 43.4 Å². The van der Waals surface area contributed by atoms with Gasteiger partial charge in [-0.2, -0.15) is 0 Å². The van der Waals surface area contributed by atoms with Gasteiger partial charge in [0.15, 0.2) is 0 Å². The van der Waals surface area contributed by atoms with Crippen molar-refractivity contribution < 1.29 is 9.59 Å². The van der Waals surface area contributed by atoms with Gasteiger partial charge in [0.25, 0.3) is 0 Å². The van der Waals surface area contributed by atoms with E-state index in [1.165, 1.54) is 0 Å². The van der Waals surface area contributed by atoms with E-state index in [0.717, 1.165) is 27.7 Å². The molecular formula is C30H34N4O2. The number of benzene rings is 3. The Hall–Kier alpha value is -3.93. The predicted octanol–water partition coefficient (Wildman–Crippen LogP) is 5.21. The van der Waals surface area contributed by atoms with Crippen molar-refractivity contribution in [2.45, 2.75) is 59.3 Å². The van der Waals surface area contributed by atoms with Crippen molar-refractivity contribution in [3.05, 3.63) is 90.3 Å². The van der Waals surface area contributed by atoms with E-state index < -0.39 is 0 Å². The average Bonchev–Trinajstić information content (AvgIpc) is 3.20. The normalized spacial score (nSPS) is 11.3. The molecule has 6 nitrogen and oxygen atoms in total. The first-order valence-electron chi connectivity index (χ1n) is 12.5. The maximum atomic E-state index is 13.2. The van der Waals surface area contributed by atoms with E-state index in [4.69, 9.17) is 4.98 Å². The number of aromatic nitrogens is 2. The lowest BCUT2D eigenvalue weighted by molar-refractivity contribution is -0.135. The second-order valence-electron chi connectivity index (χ2n) is 9.61. The van der Waals surface area contributed by atoms with Gasteiger partial charge in [0.2, 0.25) is 11.8 Å². The zero-order chi connectivity index (χ0) is 25.7. The van der Waals surface area contributed by atoms with Crippen LogP contribution in [-0.4, -0.2) is 38.3 Å². The molecule has 2 amide bonds. The number of para-hydroxylation sites is 2. The number of hydrogen-bond acceptors (Lipinski definition) is 3. The number of carbonyl (C=O) groups excluding carboxylic acids is 2. The van der Waals surface area contributed by atoms with Crippen LogP contribution in [0.4, 0.5) is 0 Å². The Labute approximate surface area is 213 Å². The summed E-state index contributed by atoms with van der Waals surface area (Å²) in [4.78, 5) is 32.5. The molecule has 4 rings (SSSR count). The zero-order valence-corrected chi connectivity index (χ0v) is 21.4. The number of nitrogens with zero attached hydrogens (tertiary/aromatic N) is 3. The zero-order valence-electron chi connectivity index (χ0n) is 21.4. The fourth-order valence-electron chi connectivity index (χ4n) is 4.70. The molecule has 0 unspecified atom stereocenters. The summed E-state index contributed by atoms with van der Waals surface area (Å²) in [5.74, 6) is 0.623. The Kier molecular flexibility index (Phi) is 7.84. The van der Waals surface area contributed by atoms with Crippen LogP contribution in [0.3, 0.4) is 0 Å². The monoisotopic (exact) mass is 482 g/mol. The van der Waals surface area contributed by atoms with Crippen LogP contribution in [0.5, 0.6) is 0 Å². The van der Waals surface area contributed by atoms with Crippen molar-refractivity contribution in [1.82, 2.24) is 19.8 Å². The summed E-state index contributed by atoms with van der Waals surface area (Å²) in [6, 6.07) is 26.2. The predicted molar refractivity (Wildman–Crippen MR) is 144 cm³/mol. The molecule has 0 fully saturated rings. The quantitative estimate of drug-likeness (QED) is 0.356. The van der Waals surface area contributed by atoms with Crippen molar-refractivity contribution in [1.29, 1.82) is 0 Å². The molecule has 0 aliphatic carbocycles. The van der Waals surface area contributed by atoms with Gasteiger partial charge in [0, 0.05) is 12.1 Å². The van der Waals surface area contributed by atoms with Gasteiger partial charge in [0.05, 0.1) is 24.0 Å². The van der Waals surface area contributed by atoms with Crippen molar-refractivity contribution >= 4 is 22.8 Å². The van der Waals surface area contributed by atoms with Crippen molar-refractivity contribution in [2.75, 3.05) is 0 Å². The molecule has 0 atom stereocenters. The topological polar surface area (TPSA) is 67.2 Å². The third-order valence-corrected chi connectivity index (χ3v) is 6.30. The summed E-state index contributed by atoms with van der Waals surface area (Å²) in [6.45, 7) is 8.54. The molecule has 1 aromatic heterocycles. The van der Waals surface area contributed by atoms with Gasteiger partial charge in [-0.1, -0.05) is 66.7 Å². The van der Waals surface area contributed by atoms with Crippen molar-refractivity contribution in [3.8, 4) is 11.1 Å². The molecule has 0 radical (unpaired) electrons. The molecule has 6 heteroatoms. The van der Waals surface area contributed by atoms with Crippen LogP contribution in [0.15, 0.2) is 78.9 Å². The molecule has 3 aromatic carbocycles. The summed E-state index contributed by atoms with van der Waals surface area (Å²) >= 11 is 0. The summed E-state index contributed by atoms with van der Waals surface area (Å²) in [5.41, 5.74) is 4.91. The first-order valence-corrected chi connectivity index (χ1v) is 12.5. The van der Waals surface area contributed by atoms with Crippen molar-refractivity contribution in [2.24, 2.45) is 0 Å². The van der Waals surface area contributed by atoms with E-state index in [9.17, 15) is 9.59 Å². The minimum absolute atomic E-state index is 0.0363. The smallest absolute Gasteiger partial charge is 0.243 e. The fraction of sp³-hybridized carbons (Fsp3) is 0.300. The van der Waals surface area contributed by atoms with E-state index >= 15 is 0 Å². The van der Waals surface area contributed by atoms with E-state index in [1.54, 1.807) is 0 Å². The Balaban J connectivity index is 1.45. The molecule has 0 spiro atoms. The summed E-state index contributed by atoms with van der Waals surface area (Å²) in [5, 5.41) is 3.00. The second-order valence-corrected chi connectivity index (χ2v) is 9.61. The van der Waals surface area contributed by atoms with E-state index in [0.29, 0.717) is 5.82 Å². The van der Waals surface area contributed by atoms with Crippen LogP contribution in [0, 0.1) is 0 Å². The standard InChI is InChI=1S/C30H34N4O2/c1-21(2)34(22(3)4)30(36)20-33-27-13-9-8-12-26(27)32-28(33)19-31-29(35)18-23-14-16-25(17-15-23)24-10-6-5-7-11-24/h5-17,21-22H,18-20H2,1-4H3,(H,31,35). The maximum Gasteiger partial charge on any atom is 0.243 e. The van der Waals surface area contributed by atoms with Crippen LogP contribution in [0.1, 0.15) is 39.1 Å². The largest absolute Gasteiger partial charge is 0.349 e. The highest BCUT2D eigenvalue weighted by Gasteiger charge is 2.22. The first-order chi connectivity index (χ1) is 17.3. The van der Waals surface area contributed by atoms with Crippen LogP contribution >= 0.6 is 0 Å². The highest BCUT2D eigenvalue weighted by atomic mass is 16.2. The van der Waals surface area contributed by atoms with E-state index in [2.05, 4.69) is 17.4 Å². The van der Waals surface area contributed by atoms with Gasteiger partial charge in [-0.15, -0.1) is 0 Å². The molecule has 0 aliphatic heterocycles. The number of imidazole rings is 1. The van der Waals surface area contributed by atoms with Gasteiger partial charge in [-0.3, -0.25) is 9.59 Å². The Morgan fingerprint density at radius 2 is 1.44 bits per heavy atom. The minimum atomic E-state index is -0.0848. The second kappa shape index (κ2) is 11.2. The Morgan fingerprint density at radius 3 is 2.11 bits per heavy atom. The summed E-state index contributed by atoms with van der Waals surface area (Å²) in [7, 11) is 0. The third-order valence-electron chi connectivity index (χ3n) is 6.30. The van der Waals surface area contributed by atoms with Crippen molar-refractivity contribution in [3.63, 3.8) is 0 Å². The van der Waals surface area contributed by atoms with Gasteiger partial charge in [-0.25, -0.2) is 4.98 Å². The lowest BCUT2D eigenvalue weighted by atomic mass is 10.0. The summed E-state index contributed by atoms with van der Waals surface area (Å²) < 4.78 is 1.92. The molecule has 36 heavy (non-hydrogen) atoms. The Morgan fingerprint density at radius 1 is 0.833 bits per heavy atom. The fourth-order valence-corrected chi connectivity index (χ4v) is 4.70. The lowest BCUT2D eigenvalue weighted by Gasteiger charge is -2.31. The third kappa shape index (κ3) is 5.82. The van der Waals surface area contributed by atoms with Gasteiger partial charge in [-0.05, 0) is 56.5 Å². The molecule has 1 heterocycles. The number of rotatable bonds is 9. The SMILES string of the molecule is CC(C)N(C(=O)Cn1c(CNC(=O)Cc2ccc(-c3ccccc3)cc2)nc2ccccc21)C(C)C. The lowest BCUT2D eigenvalue weighted by Crippen LogP contribution is -2.44. The van der Waals surface area contributed by atoms with Crippen LogP contribution in [0.2, 0.25) is 0 Å².